The zero-order chi connectivity index (χ0) is 16.9. The van der Waals surface area contributed by atoms with Gasteiger partial charge in [-0.2, -0.15) is 35.1 Å². The van der Waals surface area contributed by atoms with E-state index >= 15 is 0 Å². The summed E-state index contributed by atoms with van der Waals surface area (Å²) in [5, 5.41) is -1.51. The number of rotatable bonds is 7. The van der Waals surface area contributed by atoms with Gasteiger partial charge in [-0.1, -0.05) is 0 Å². The zero-order valence-corrected chi connectivity index (χ0v) is 11.5. The molecular weight excluding hydrogens is 336 g/mol. The molecule has 2 nitrogen and oxygen atoms in total. The van der Waals surface area contributed by atoms with E-state index in [9.17, 15) is 39.9 Å². The molecule has 0 radical (unpaired) electrons. The Balaban J connectivity index is 4.55. The minimum absolute atomic E-state index is 0.337. The largest absolute Gasteiger partial charge is 0.468 e. The van der Waals surface area contributed by atoms with Crippen LogP contribution in [0.5, 0.6) is 0 Å². The Labute approximate surface area is 119 Å². The van der Waals surface area contributed by atoms with Gasteiger partial charge in [0.05, 0.1) is 13.5 Å². The fraction of sp³-hybridized carbons (Fsp3) is 0.900. The second-order valence-electron chi connectivity index (χ2n) is 3.99. The Kier molecular flexibility index (Phi) is 7.24. The lowest BCUT2D eigenvalue weighted by molar-refractivity contribution is -0.284. The van der Waals surface area contributed by atoms with E-state index in [-0.39, 0.29) is 0 Å². The van der Waals surface area contributed by atoms with Gasteiger partial charge in [0.2, 0.25) is 0 Å². The maximum absolute atomic E-state index is 12.7. The molecule has 0 N–H and O–H groups in total. The standard InChI is InChI=1S/C10H12F8O2S/c1-20-7(19)6(21-5-4-9(13,14)15)2-3-8(11,12)10(16,17)18/h6H,2-5H2,1H3. The van der Waals surface area contributed by atoms with Crippen LogP contribution in [-0.2, 0) is 9.53 Å². The molecule has 0 saturated carbocycles. The monoisotopic (exact) mass is 348 g/mol. The quantitative estimate of drug-likeness (QED) is 0.510. The molecule has 0 rings (SSSR count). The summed E-state index contributed by atoms with van der Waals surface area (Å²) in [6, 6.07) is 0. The molecule has 0 spiro atoms. The molecule has 0 aliphatic rings. The van der Waals surface area contributed by atoms with Gasteiger partial charge in [-0.3, -0.25) is 4.79 Å². The number of hydrogen-bond acceptors (Lipinski definition) is 3. The van der Waals surface area contributed by atoms with Gasteiger partial charge in [0.15, 0.2) is 0 Å². The number of carbonyl (C=O) groups is 1. The molecule has 0 aromatic carbocycles. The van der Waals surface area contributed by atoms with Gasteiger partial charge in [-0.05, 0) is 6.42 Å². The number of methoxy groups -OCH3 is 1. The summed E-state index contributed by atoms with van der Waals surface area (Å²) in [5.41, 5.74) is 0. The SMILES string of the molecule is COC(=O)C(CCC(F)(F)C(F)(F)F)SCCC(F)(F)F. The summed E-state index contributed by atoms with van der Waals surface area (Å²) in [6.07, 6.45) is -14.2. The number of alkyl halides is 8. The van der Waals surface area contributed by atoms with Crippen LogP contribution in [-0.4, -0.2) is 42.4 Å². The Morgan fingerprint density at radius 2 is 1.57 bits per heavy atom. The highest BCUT2D eigenvalue weighted by molar-refractivity contribution is 8.00. The molecule has 0 heterocycles. The lowest BCUT2D eigenvalue weighted by Gasteiger charge is -2.21. The van der Waals surface area contributed by atoms with Crippen molar-refractivity contribution in [2.24, 2.45) is 0 Å². The van der Waals surface area contributed by atoms with Crippen LogP contribution in [0.1, 0.15) is 19.3 Å². The number of halogens is 8. The van der Waals surface area contributed by atoms with Gasteiger partial charge < -0.3 is 4.74 Å². The summed E-state index contributed by atoms with van der Waals surface area (Å²) in [4.78, 5) is 11.2. The molecular formula is C10H12F8O2S. The molecule has 0 aliphatic heterocycles. The molecule has 0 aromatic heterocycles. The minimum atomic E-state index is -5.77. The second kappa shape index (κ2) is 7.50. The van der Waals surface area contributed by atoms with E-state index < -0.39 is 54.5 Å². The Morgan fingerprint density at radius 3 is 1.95 bits per heavy atom. The van der Waals surface area contributed by atoms with Crippen LogP contribution >= 0.6 is 11.8 Å². The molecule has 21 heavy (non-hydrogen) atoms. The van der Waals surface area contributed by atoms with Crippen LogP contribution in [0.2, 0.25) is 0 Å². The number of carbonyl (C=O) groups excluding carboxylic acids is 1. The first-order chi connectivity index (χ1) is 9.30. The molecule has 1 atom stereocenters. The summed E-state index contributed by atoms with van der Waals surface area (Å²) >= 11 is 0.337. The smallest absolute Gasteiger partial charge is 0.453 e. The average molecular weight is 348 g/mol. The molecule has 0 aliphatic carbocycles. The highest BCUT2D eigenvalue weighted by atomic mass is 32.2. The lowest BCUT2D eigenvalue weighted by Crippen LogP contribution is -2.37. The molecule has 11 heteroatoms. The van der Waals surface area contributed by atoms with Crippen molar-refractivity contribution in [3.63, 3.8) is 0 Å². The van der Waals surface area contributed by atoms with E-state index in [0.717, 1.165) is 7.11 Å². The van der Waals surface area contributed by atoms with Crippen LogP contribution in [0.4, 0.5) is 35.1 Å². The predicted octanol–water partition coefficient (Wildman–Crippen LogP) is 4.19. The third-order valence-corrected chi connectivity index (χ3v) is 3.57. The fourth-order valence-electron chi connectivity index (χ4n) is 1.17. The van der Waals surface area contributed by atoms with Gasteiger partial charge >= 0.3 is 24.2 Å². The number of ether oxygens (including phenoxy) is 1. The molecule has 1 unspecified atom stereocenters. The van der Waals surface area contributed by atoms with E-state index in [1.54, 1.807) is 0 Å². The van der Waals surface area contributed by atoms with Gasteiger partial charge in [0, 0.05) is 12.2 Å². The van der Waals surface area contributed by atoms with E-state index in [1.807, 2.05) is 0 Å². The molecule has 0 amide bonds. The van der Waals surface area contributed by atoms with Crippen LogP contribution in [0.25, 0.3) is 0 Å². The van der Waals surface area contributed by atoms with Crippen molar-refractivity contribution in [1.82, 2.24) is 0 Å². The lowest BCUT2D eigenvalue weighted by atomic mass is 10.1. The molecule has 0 saturated heterocycles. The normalized spacial score (nSPS) is 14.9. The number of thioether (sulfide) groups is 1. The topological polar surface area (TPSA) is 26.3 Å². The summed E-state index contributed by atoms with van der Waals surface area (Å²) in [5.74, 6) is -6.79. The molecule has 0 fully saturated rings. The van der Waals surface area contributed by atoms with Gasteiger partial charge in [-0.25, -0.2) is 0 Å². The van der Waals surface area contributed by atoms with Crippen molar-refractivity contribution in [1.29, 1.82) is 0 Å². The average Bonchev–Trinajstić information content (AvgIpc) is 2.29. The Hall–Kier alpha value is -0.740. The number of hydrogen-bond donors (Lipinski definition) is 0. The third kappa shape index (κ3) is 7.72. The van der Waals surface area contributed by atoms with Gasteiger partial charge in [0.25, 0.3) is 0 Å². The molecule has 126 valence electrons. The minimum Gasteiger partial charge on any atom is -0.468 e. The highest BCUT2D eigenvalue weighted by Crippen LogP contribution is 2.40. The fourth-order valence-corrected chi connectivity index (χ4v) is 2.32. The maximum Gasteiger partial charge on any atom is 0.453 e. The van der Waals surface area contributed by atoms with E-state index in [0.29, 0.717) is 11.8 Å². The summed E-state index contributed by atoms with van der Waals surface area (Å²) < 4.78 is 101. The summed E-state index contributed by atoms with van der Waals surface area (Å²) in [7, 11) is 0.863. The van der Waals surface area contributed by atoms with Crippen molar-refractivity contribution in [3.8, 4) is 0 Å². The van der Waals surface area contributed by atoms with E-state index in [2.05, 4.69) is 4.74 Å². The predicted molar refractivity (Wildman–Crippen MR) is 59.2 cm³/mol. The van der Waals surface area contributed by atoms with Crippen LogP contribution in [0, 0.1) is 0 Å². The van der Waals surface area contributed by atoms with Crippen molar-refractivity contribution in [2.75, 3.05) is 12.9 Å². The van der Waals surface area contributed by atoms with Crippen molar-refractivity contribution < 1.29 is 44.7 Å². The van der Waals surface area contributed by atoms with Crippen molar-refractivity contribution >= 4 is 17.7 Å². The van der Waals surface area contributed by atoms with Crippen LogP contribution in [0.3, 0.4) is 0 Å². The van der Waals surface area contributed by atoms with Crippen molar-refractivity contribution in [3.05, 3.63) is 0 Å². The van der Waals surface area contributed by atoms with Crippen LogP contribution in [0.15, 0.2) is 0 Å². The maximum atomic E-state index is 12.7. The first-order valence-corrected chi connectivity index (χ1v) is 6.56. The van der Waals surface area contributed by atoms with Crippen molar-refractivity contribution in [2.45, 2.75) is 42.8 Å². The highest BCUT2D eigenvalue weighted by Gasteiger charge is 2.57. The Bertz CT molecular complexity index is 339. The first-order valence-electron chi connectivity index (χ1n) is 5.51. The van der Waals surface area contributed by atoms with Gasteiger partial charge in [-0.15, -0.1) is 11.8 Å². The second-order valence-corrected chi connectivity index (χ2v) is 5.30. The zero-order valence-electron chi connectivity index (χ0n) is 10.7. The first kappa shape index (κ1) is 20.3. The Morgan fingerprint density at radius 1 is 1.05 bits per heavy atom. The summed E-state index contributed by atoms with van der Waals surface area (Å²) in [6.45, 7) is 0. The van der Waals surface area contributed by atoms with Gasteiger partial charge in [0.1, 0.15) is 5.25 Å². The van der Waals surface area contributed by atoms with E-state index in [4.69, 9.17) is 0 Å². The third-order valence-electron chi connectivity index (χ3n) is 2.30. The number of esters is 1. The molecule has 0 aromatic rings. The molecule has 0 bridgehead atoms. The van der Waals surface area contributed by atoms with E-state index in [1.165, 1.54) is 0 Å². The van der Waals surface area contributed by atoms with Crippen LogP contribution < -0.4 is 0 Å².